The molecule has 0 aromatic carbocycles. The van der Waals surface area contributed by atoms with Gasteiger partial charge in [-0.05, 0) is 38.8 Å². The molecular weight excluding hydrogens is 134 g/mol. The second-order valence-electron chi connectivity index (χ2n) is 3.67. The summed E-state index contributed by atoms with van der Waals surface area (Å²) in [5.41, 5.74) is 1.29. The molecule has 0 radical (unpaired) electrons. The van der Waals surface area contributed by atoms with Crippen molar-refractivity contribution in [2.24, 2.45) is 11.8 Å². The Kier molecular flexibility index (Phi) is 5.22. The molecule has 2 unspecified atom stereocenters. The summed E-state index contributed by atoms with van der Waals surface area (Å²) in [7, 11) is 2.00. The molecule has 0 aliphatic rings. The fraction of sp³-hybridized carbons (Fsp3) is 0.800. The minimum absolute atomic E-state index is 0.747. The van der Waals surface area contributed by atoms with E-state index >= 15 is 0 Å². The van der Waals surface area contributed by atoms with Crippen LogP contribution in [0.3, 0.4) is 0 Å². The van der Waals surface area contributed by atoms with Gasteiger partial charge in [-0.1, -0.05) is 19.4 Å². The molecule has 11 heavy (non-hydrogen) atoms. The van der Waals surface area contributed by atoms with E-state index < -0.39 is 0 Å². The lowest BCUT2D eigenvalue weighted by Crippen LogP contribution is -2.21. The van der Waals surface area contributed by atoms with E-state index in [1.54, 1.807) is 0 Å². The van der Waals surface area contributed by atoms with E-state index in [-0.39, 0.29) is 0 Å². The van der Waals surface area contributed by atoms with Crippen LogP contribution in [0.2, 0.25) is 0 Å². The zero-order chi connectivity index (χ0) is 8.85. The summed E-state index contributed by atoms with van der Waals surface area (Å²) >= 11 is 0. The van der Waals surface area contributed by atoms with Crippen LogP contribution in [0.4, 0.5) is 0 Å². The van der Waals surface area contributed by atoms with Gasteiger partial charge in [-0.3, -0.25) is 0 Å². The normalized spacial score (nSPS) is 16.0. The first kappa shape index (κ1) is 10.7. The van der Waals surface area contributed by atoms with E-state index in [9.17, 15) is 0 Å². The van der Waals surface area contributed by atoms with Crippen molar-refractivity contribution in [3.05, 3.63) is 12.2 Å². The number of allylic oxidation sites excluding steroid dienone is 1. The maximum Gasteiger partial charge on any atom is -0.00235 e. The Bertz CT molecular complexity index is 118. The van der Waals surface area contributed by atoms with Gasteiger partial charge >= 0.3 is 0 Å². The minimum atomic E-state index is 0.747. The van der Waals surface area contributed by atoms with Crippen LogP contribution >= 0.6 is 0 Å². The van der Waals surface area contributed by atoms with Gasteiger partial charge in [0.15, 0.2) is 0 Å². The van der Waals surface area contributed by atoms with Crippen LogP contribution in [0.1, 0.15) is 27.2 Å². The van der Waals surface area contributed by atoms with Gasteiger partial charge in [-0.15, -0.1) is 6.58 Å². The average molecular weight is 155 g/mol. The molecule has 66 valence electrons. The summed E-state index contributed by atoms with van der Waals surface area (Å²) in [6.45, 7) is 11.7. The largest absolute Gasteiger partial charge is 0.319 e. The lowest BCUT2D eigenvalue weighted by molar-refractivity contribution is 0.374. The SMILES string of the molecule is C=C(C)CC(C)C(C)CNC. The van der Waals surface area contributed by atoms with Gasteiger partial charge in [0.25, 0.3) is 0 Å². The van der Waals surface area contributed by atoms with Crippen molar-refractivity contribution in [3.8, 4) is 0 Å². The van der Waals surface area contributed by atoms with Crippen LogP contribution < -0.4 is 5.32 Å². The molecule has 1 N–H and O–H groups in total. The van der Waals surface area contributed by atoms with E-state index in [1.807, 2.05) is 7.05 Å². The topological polar surface area (TPSA) is 12.0 Å². The highest BCUT2D eigenvalue weighted by Gasteiger charge is 2.10. The summed E-state index contributed by atoms with van der Waals surface area (Å²) in [6.07, 6.45) is 1.16. The minimum Gasteiger partial charge on any atom is -0.319 e. The van der Waals surface area contributed by atoms with E-state index in [2.05, 4.69) is 32.7 Å². The monoisotopic (exact) mass is 155 g/mol. The Morgan fingerprint density at radius 2 is 1.91 bits per heavy atom. The molecule has 0 heterocycles. The molecule has 0 aromatic rings. The first-order valence-electron chi connectivity index (χ1n) is 4.37. The molecule has 2 atom stereocenters. The van der Waals surface area contributed by atoms with Crippen LogP contribution in [0.5, 0.6) is 0 Å². The zero-order valence-corrected chi connectivity index (χ0v) is 8.28. The van der Waals surface area contributed by atoms with Crippen LogP contribution in [0, 0.1) is 11.8 Å². The van der Waals surface area contributed by atoms with Crippen molar-refractivity contribution in [2.75, 3.05) is 13.6 Å². The highest BCUT2D eigenvalue weighted by molar-refractivity contribution is 4.90. The molecule has 0 saturated heterocycles. The second-order valence-corrected chi connectivity index (χ2v) is 3.67. The Morgan fingerprint density at radius 1 is 1.36 bits per heavy atom. The summed E-state index contributed by atoms with van der Waals surface area (Å²) in [4.78, 5) is 0. The summed E-state index contributed by atoms with van der Waals surface area (Å²) in [6, 6.07) is 0. The zero-order valence-electron chi connectivity index (χ0n) is 8.28. The second kappa shape index (κ2) is 5.36. The molecule has 0 fully saturated rings. The van der Waals surface area contributed by atoms with Gasteiger partial charge in [0.2, 0.25) is 0 Å². The van der Waals surface area contributed by atoms with Crippen molar-refractivity contribution in [3.63, 3.8) is 0 Å². The number of hydrogen-bond donors (Lipinski definition) is 1. The average Bonchev–Trinajstić information content (AvgIpc) is 1.86. The van der Waals surface area contributed by atoms with Gasteiger partial charge < -0.3 is 5.32 Å². The Balaban J connectivity index is 3.63. The number of rotatable bonds is 5. The fourth-order valence-electron chi connectivity index (χ4n) is 1.27. The maximum absolute atomic E-state index is 3.92. The standard InChI is InChI=1S/C10H21N/c1-8(2)6-9(3)10(4)7-11-5/h9-11H,1,6-7H2,2-5H3. The molecule has 0 amide bonds. The van der Waals surface area contributed by atoms with Gasteiger partial charge in [-0.25, -0.2) is 0 Å². The fourth-order valence-corrected chi connectivity index (χ4v) is 1.27. The molecule has 0 saturated carbocycles. The van der Waals surface area contributed by atoms with E-state index in [1.165, 1.54) is 5.57 Å². The summed E-state index contributed by atoms with van der Waals surface area (Å²) in [5.74, 6) is 1.50. The van der Waals surface area contributed by atoms with Crippen LogP contribution in [-0.2, 0) is 0 Å². The van der Waals surface area contributed by atoms with Gasteiger partial charge in [0.1, 0.15) is 0 Å². The van der Waals surface area contributed by atoms with Gasteiger partial charge in [0.05, 0.1) is 0 Å². The quantitative estimate of drug-likeness (QED) is 0.601. The smallest absolute Gasteiger partial charge is 0.00235 e. The lowest BCUT2D eigenvalue weighted by atomic mass is 9.90. The van der Waals surface area contributed by atoms with E-state index in [4.69, 9.17) is 0 Å². The molecule has 0 aromatic heterocycles. The van der Waals surface area contributed by atoms with E-state index in [0.717, 1.165) is 24.8 Å². The molecule has 0 bridgehead atoms. The first-order valence-corrected chi connectivity index (χ1v) is 4.37. The van der Waals surface area contributed by atoms with E-state index in [0.29, 0.717) is 0 Å². The molecular formula is C10H21N. The molecule has 0 spiro atoms. The van der Waals surface area contributed by atoms with Gasteiger partial charge in [-0.2, -0.15) is 0 Å². The third kappa shape index (κ3) is 5.02. The first-order chi connectivity index (χ1) is 5.07. The van der Waals surface area contributed by atoms with Crippen molar-refractivity contribution >= 4 is 0 Å². The third-order valence-corrected chi connectivity index (χ3v) is 2.17. The Labute approximate surface area is 70.9 Å². The predicted octanol–water partition coefficient (Wildman–Crippen LogP) is 2.44. The lowest BCUT2D eigenvalue weighted by Gasteiger charge is -2.19. The maximum atomic E-state index is 3.92. The van der Waals surface area contributed by atoms with Crippen LogP contribution in [-0.4, -0.2) is 13.6 Å². The molecule has 0 aliphatic heterocycles. The van der Waals surface area contributed by atoms with Crippen LogP contribution in [0.15, 0.2) is 12.2 Å². The van der Waals surface area contributed by atoms with Crippen molar-refractivity contribution in [1.82, 2.24) is 5.32 Å². The summed E-state index contributed by atoms with van der Waals surface area (Å²) < 4.78 is 0. The highest BCUT2D eigenvalue weighted by atomic mass is 14.8. The Hall–Kier alpha value is -0.300. The van der Waals surface area contributed by atoms with Crippen molar-refractivity contribution in [1.29, 1.82) is 0 Å². The summed E-state index contributed by atoms with van der Waals surface area (Å²) in [5, 5.41) is 3.19. The number of hydrogen-bond acceptors (Lipinski definition) is 1. The molecule has 0 rings (SSSR count). The molecule has 1 heteroatoms. The molecule has 1 nitrogen and oxygen atoms in total. The highest BCUT2D eigenvalue weighted by Crippen LogP contribution is 2.17. The van der Waals surface area contributed by atoms with Gasteiger partial charge in [0, 0.05) is 0 Å². The number of nitrogens with one attached hydrogen (secondary N) is 1. The Morgan fingerprint density at radius 3 is 2.27 bits per heavy atom. The predicted molar refractivity (Wildman–Crippen MR) is 51.7 cm³/mol. The van der Waals surface area contributed by atoms with Crippen LogP contribution in [0.25, 0.3) is 0 Å². The molecule has 0 aliphatic carbocycles. The van der Waals surface area contributed by atoms with Crippen molar-refractivity contribution < 1.29 is 0 Å². The van der Waals surface area contributed by atoms with Crippen molar-refractivity contribution in [2.45, 2.75) is 27.2 Å². The third-order valence-electron chi connectivity index (χ3n) is 2.17.